The zero-order chi connectivity index (χ0) is 25.1. The van der Waals surface area contributed by atoms with Crippen LogP contribution >= 0.6 is 0 Å². The zero-order valence-corrected chi connectivity index (χ0v) is 19.7. The van der Waals surface area contributed by atoms with Gasteiger partial charge in [-0.05, 0) is 74.6 Å². The van der Waals surface area contributed by atoms with Gasteiger partial charge in [0, 0.05) is 0 Å². The minimum atomic E-state index is -1.09. The first-order valence-corrected chi connectivity index (χ1v) is 11.2. The average molecular weight is 471 g/mol. The Morgan fingerprint density at radius 2 is 1.69 bits per heavy atom. The third-order valence-corrected chi connectivity index (χ3v) is 5.92. The van der Waals surface area contributed by atoms with Gasteiger partial charge >= 0.3 is 5.97 Å². The number of carboxylic acids is 1. The summed E-state index contributed by atoms with van der Waals surface area (Å²) in [4.78, 5) is 24.2. The highest BCUT2D eigenvalue weighted by Gasteiger charge is 2.14. The van der Waals surface area contributed by atoms with Gasteiger partial charge in [-0.1, -0.05) is 42.0 Å². The molecule has 0 spiro atoms. The number of aromatic carboxylic acids is 1. The van der Waals surface area contributed by atoms with Crippen LogP contribution < -0.4 is 5.56 Å². The van der Waals surface area contributed by atoms with E-state index in [2.05, 4.69) is 47.4 Å². The summed E-state index contributed by atoms with van der Waals surface area (Å²) in [5, 5.41) is 31.1. The first-order valence-electron chi connectivity index (χ1n) is 11.2. The lowest BCUT2D eigenvalue weighted by Gasteiger charge is -2.09. The van der Waals surface area contributed by atoms with Crippen LogP contribution in [0.15, 0.2) is 75.7 Å². The summed E-state index contributed by atoms with van der Waals surface area (Å²) in [7, 11) is 0. The quantitative estimate of drug-likeness (QED) is 0.300. The largest absolute Gasteiger partial charge is 0.505 e. The summed E-state index contributed by atoms with van der Waals surface area (Å²) in [6, 6.07) is 17.6. The molecule has 8 heteroatoms. The van der Waals surface area contributed by atoms with Crippen molar-refractivity contribution in [2.24, 2.45) is 10.2 Å². The van der Waals surface area contributed by atoms with E-state index in [-0.39, 0.29) is 22.7 Å². The molecule has 4 rings (SSSR count). The Morgan fingerprint density at radius 1 is 0.943 bits per heavy atom. The first-order chi connectivity index (χ1) is 16.7. The molecule has 1 heterocycles. The Labute approximate surface area is 202 Å². The van der Waals surface area contributed by atoms with Crippen molar-refractivity contribution in [1.29, 1.82) is 0 Å². The zero-order valence-electron chi connectivity index (χ0n) is 19.7. The molecule has 3 aromatic carbocycles. The molecule has 0 atom stereocenters. The second-order valence-electron chi connectivity index (χ2n) is 8.50. The minimum Gasteiger partial charge on any atom is -0.505 e. The molecule has 0 saturated heterocycles. The molecule has 4 aromatic rings. The van der Waals surface area contributed by atoms with Crippen molar-refractivity contribution in [1.82, 2.24) is 9.78 Å². The van der Waals surface area contributed by atoms with Crippen molar-refractivity contribution in [3.05, 3.63) is 105 Å². The number of benzene rings is 3. The second kappa shape index (κ2) is 9.80. The van der Waals surface area contributed by atoms with Crippen LogP contribution in [0, 0.1) is 20.8 Å². The highest BCUT2D eigenvalue weighted by Crippen LogP contribution is 2.32. The number of azo groups is 1. The van der Waals surface area contributed by atoms with Crippen molar-refractivity contribution in [2.75, 3.05) is 0 Å². The summed E-state index contributed by atoms with van der Waals surface area (Å²) >= 11 is 0. The van der Waals surface area contributed by atoms with Gasteiger partial charge in [0.1, 0.15) is 11.4 Å². The molecular formula is C27H26N4O4. The van der Waals surface area contributed by atoms with Crippen molar-refractivity contribution in [2.45, 2.75) is 33.6 Å². The number of carbonyl (C=O) groups is 1. The van der Waals surface area contributed by atoms with Gasteiger partial charge in [-0.3, -0.25) is 9.89 Å². The number of aromatic nitrogens is 2. The Hall–Kier alpha value is -4.46. The third kappa shape index (κ3) is 5.06. The van der Waals surface area contributed by atoms with Gasteiger partial charge in [-0.25, -0.2) is 9.48 Å². The van der Waals surface area contributed by atoms with Crippen LogP contribution in [-0.4, -0.2) is 26.0 Å². The second-order valence-corrected chi connectivity index (χ2v) is 8.50. The molecule has 0 amide bonds. The molecule has 0 aliphatic rings. The normalized spacial score (nSPS) is 11.3. The highest BCUT2D eigenvalue weighted by molar-refractivity contribution is 5.88. The van der Waals surface area contributed by atoms with E-state index in [1.807, 2.05) is 6.07 Å². The number of rotatable bonds is 7. The number of aromatic hydroxyl groups is 1. The molecule has 0 bridgehead atoms. The number of hydrogen-bond donors (Lipinski definition) is 3. The number of para-hydroxylation sites is 1. The lowest BCUT2D eigenvalue weighted by Crippen LogP contribution is -2.14. The number of H-pyrrole nitrogens is 1. The van der Waals surface area contributed by atoms with Crippen LogP contribution in [0.25, 0.3) is 5.69 Å². The number of hydrogen-bond acceptors (Lipinski definition) is 5. The van der Waals surface area contributed by atoms with E-state index in [1.165, 1.54) is 33.5 Å². The minimum absolute atomic E-state index is 0.0317. The van der Waals surface area contributed by atoms with Gasteiger partial charge in [-0.2, -0.15) is 0 Å². The number of nitrogens with one attached hydrogen (secondary N) is 1. The van der Waals surface area contributed by atoms with Crippen LogP contribution in [0.1, 0.15) is 38.3 Å². The lowest BCUT2D eigenvalue weighted by molar-refractivity contribution is 0.0697. The topological polar surface area (TPSA) is 120 Å². The monoisotopic (exact) mass is 470 g/mol. The fourth-order valence-electron chi connectivity index (χ4n) is 3.92. The maximum atomic E-state index is 12.9. The van der Waals surface area contributed by atoms with Gasteiger partial charge in [0.15, 0.2) is 5.69 Å². The summed E-state index contributed by atoms with van der Waals surface area (Å²) in [6.45, 7) is 5.80. The Morgan fingerprint density at radius 3 is 2.46 bits per heavy atom. The van der Waals surface area contributed by atoms with Crippen molar-refractivity contribution in [3.63, 3.8) is 0 Å². The van der Waals surface area contributed by atoms with E-state index in [9.17, 15) is 19.8 Å². The summed E-state index contributed by atoms with van der Waals surface area (Å²) in [6.07, 6.45) is 1.41. The average Bonchev–Trinajstić information content (AvgIpc) is 3.12. The molecular weight excluding hydrogens is 444 g/mol. The number of aromatic amines is 1. The van der Waals surface area contributed by atoms with Gasteiger partial charge in [0.05, 0.1) is 16.9 Å². The fraction of sp³-hybridized carbons (Fsp3) is 0.185. The van der Waals surface area contributed by atoms with E-state index in [0.29, 0.717) is 17.8 Å². The molecule has 0 aliphatic carbocycles. The number of carboxylic acid groups (broad SMARTS) is 1. The summed E-state index contributed by atoms with van der Waals surface area (Å²) < 4.78 is 1.22. The summed E-state index contributed by atoms with van der Waals surface area (Å²) in [5.74, 6) is -1.06. The van der Waals surface area contributed by atoms with Crippen molar-refractivity contribution >= 4 is 17.3 Å². The molecule has 8 nitrogen and oxygen atoms in total. The van der Waals surface area contributed by atoms with Gasteiger partial charge in [-0.15, -0.1) is 10.2 Å². The third-order valence-electron chi connectivity index (χ3n) is 5.92. The molecule has 0 saturated carbocycles. The Balaban J connectivity index is 1.59. The number of aryl methyl sites for hydroxylation is 5. The van der Waals surface area contributed by atoms with E-state index in [4.69, 9.17) is 0 Å². The molecule has 3 N–H and O–H groups in total. The predicted molar refractivity (Wildman–Crippen MR) is 134 cm³/mol. The summed E-state index contributed by atoms with van der Waals surface area (Å²) in [5.41, 5.74) is 5.14. The molecule has 35 heavy (non-hydrogen) atoms. The van der Waals surface area contributed by atoms with E-state index in [0.717, 1.165) is 12.0 Å². The molecule has 0 unspecified atom stereocenters. The molecule has 0 fully saturated rings. The molecule has 178 valence electrons. The lowest BCUT2D eigenvalue weighted by atomic mass is 9.98. The number of phenolic OH excluding ortho intramolecular Hbond substituents is 1. The standard InChI is InChI=1S/C27H26N4O4/c1-16-10-11-17(2)20(14-16)13-12-19-6-5-9-23(25(19)32)28-29-24-18(3)30-31(26(24)33)22-8-4-7-21(15-22)27(34)35/h4-11,14-15,30,32H,12-13H2,1-3H3,(H,34,35). The van der Waals surface area contributed by atoms with E-state index < -0.39 is 11.5 Å². The first kappa shape index (κ1) is 23.7. The van der Waals surface area contributed by atoms with Crippen molar-refractivity contribution < 1.29 is 15.0 Å². The highest BCUT2D eigenvalue weighted by atomic mass is 16.4. The van der Waals surface area contributed by atoms with Crippen LogP contribution in [0.2, 0.25) is 0 Å². The Kier molecular flexibility index (Phi) is 6.64. The number of nitrogens with zero attached hydrogens (tertiary/aromatic N) is 3. The van der Waals surface area contributed by atoms with Gasteiger partial charge in [0.2, 0.25) is 0 Å². The van der Waals surface area contributed by atoms with Crippen molar-refractivity contribution in [3.8, 4) is 11.4 Å². The van der Waals surface area contributed by atoms with Crippen LogP contribution in [-0.2, 0) is 12.8 Å². The predicted octanol–water partition coefficient (Wildman–Crippen LogP) is 5.70. The van der Waals surface area contributed by atoms with E-state index in [1.54, 1.807) is 31.2 Å². The van der Waals surface area contributed by atoms with Crippen LogP contribution in [0.5, 0.6) is 5.75 Å². The smallest absolute Gasteiger partial charge is 0.335 e. The fourth-order valence-corrected chi connectivity index (χ4v) is 3.92. The van der Waals surface area contributed by atoms with Crippen LogP contribution in [0.4, 0.5) is 11.4 Å². The Bertz CT molecular complexity index is 1500. The molecule has 1 aromatic heterocycles. The van der Waals surface area contributed by atoms with E-state index >= 15 is 0 Å². The van der Waals surface area contributed by atoms with Gasteiger partial charge < -0.3 is 10.2 Å². The maximum absolute atomic E-state index is 12.9. The maximum Gasteiger partial charge on any atom is 0.335 e. The number of phenols is 1. The SMILES string of the molecule is Cc1ccc(C)c(CCc2cccc(N=Nc3c(C)[nH]n(-c4cccc(C(=O)O)c4)c3=O)c2O)c1. The molecule has 0 aliphatic heterocycles. The molecule has 0 radical (unpaired) electrons. The van der Waals surface area contributed by atoms with Gasteiger partial charge in [0.25, 0.3) is 5.56 Å². The van der Waals surface area contributed by atoms with Crippen LogP contribution in [0.3, 0.4) is 0 Å².